The highest BCUT2D eigenvalue weighted by Crippen LogP contribution is 2.16. The van der Waals surface area contributed by atoms with Crippen LogP contribution in [0.1, 0.15) is 6.42 Å². The van der Waals surface area contributed by atoms with Crippen LogP contribution in [-0.2, 0) is 14.4 Å². The van der Waals surface area contributed by atoms with Gasteiger partial charge in [-0.1, -0.05) is 0 Å². The van der Waals surface area contributed by atoms with Crippen LogP contribution in [0.15, 0.2) is 0 Å². The maximum Gasteiger partial charge on any atom is 0.327 e. The van der Waals surface area contributed by atoms with Crippen molar-refractivity contribution in [1.29, 1.82) is 0 Å². The topological polar surface area (TPSA) is 74.7 Å². The zero-order valence-electron chi connectivity index (χ0n) is 6.06. The molecule has 0 aromatic carbocycles. The standard InChI is InChI=1S/C6H7NO4S/c8-4-1-5(9)7(4)3(2-12)6(10)11/h3,12H,1-2H2,(H,10,11). The minimum absolute atomic E-state index is 0.0488. The molecule has 0 bridgehead atoms. The average Bonchev–Trinajstić information content (AvgIpc) is 1.99. The van der Waals surface area contributed by atoms with Crippen molar-refractivity contribution < 1.29 is 19.5 Å². The number of amides is 2. The van der Waals surface area contributed by atoms with Crippen molar-refractivity contribution in [2.45, 2.75) is 12.5 Å². The first-order chi connectivity index (χ1) is 5.57. The van der Waals surface area contributed by atoms with E-state index < -0.39 is 23.8 Å². The molecule has 1 rings (SSSR count). The number of carbonyl (C=O) groups is 3. The first-order valence-corrected chi connectivity index (χ1v) is 3.89. The SMILES string of the molecule is O=C(O)C(CS)N1C(=O)CC1=O. The van der Waals surface area contributed by atoms with Gasteiger partial charge < -0.3 is 5.11 Å². The van der Waals surface area contributed by atoms with Gasteiger partial charge in [-0.2, -0.15) is 12.6 Å². The van der Waals surface area contributed by atoms with E-state index in [9.17, 15) is 14.4 Å². The van der Waals surface area contributed by atoms with Crippen LogP contribution in [0.2, 0.25) is 0 Å². The van der Waals surface area contributed by atoms with Gasteiger partial charge >= 0.3 is 5.97 Å². The highest BCUT2D eigenvalue weighted by Gasteiger charge is 2.42. The van der Waals surface area contributed by atoms with Crippen LogP contribution in [0.4, 0.5) is 0 Å². The fourth-order valence-electron chi connectivity index (χ4n) is 0.965. The Balaban J connectivity index is 2.72. The second kappa shape index (κ2) is 3.14. The molecule has 0 saturated carbocycles. The van der Waals surface area contributed by atoms with E-state index in [0.717, 1.165) is 4.90 Å². The molecule has 0 aromatic heterocycles. The van der Waals surface area contributed by atoms with Gasteiger partial charge in [0.25, 0.3) is 0 Å². The molecule has 1 heterocycles. The van der Waals surface area contributed by atoms with E-state index in [0.29, 0.717) is 0 Å². The van der Waals surface area contributed by atoms with Gasteiger partial charge in [-0.3, -0.25) is 14.5 Å². The Bertz CT molecular complexity index is 238. The molecule has 1 unspecified atom stereocenters. The van der Waals surface area contributed by atoms with Crippen molar-refractivity contribution in [3.8, 4) is 0 Å². The molecule has 1 N–H and O–H groups in total. The highest BCUT2D eigenvalue weighted by molar-refractivity contribution is 7.80. The van der Waals surface area contributed by atoms with Gasteiger partial charge in [0.05, 0.1) is 0 Å². The van der Waals surface area contributed by atoms with Crippen LogP contribution in [0.25, 0.3) is 0 Å². The summed E-state index contributed by atoms with van der Waals surface area (Å²) in [7, 11) is 0. The van der Waals surface area contributed by atoms with Gasteiger partial charge in [-0.05, 0) is 0 Å². The number of nitrogens with zero attached hydrogens (tertiary/aromatic N) is 1. The van der Waals surface area contributed by atoms with Crippen LogP contribution in [0.5, 0.6) is 0 Å². The van der Waals surface area contributed by atoms with Crippen LogP contribution in [-0.4, -0.2) is 39.6 Å². The van der Waals surface area contributed by atoms with E-state index >= 15 is 0 Å². The number of carboxylic acids is 1. The summed E-state index contributed by atoms with van der Waals surface area (Å²) in [4.78, 5) is 32.7. The summed E-state index contributed by atoms with van der Waals surface area (Å²) in [6.45, 7) is 0. The third kappa shape index (κ3) is 1.29. The van der Waals surface area contributed by atoms with Gasteiger partial charge in [0.1, 0.15) is 12.5 Å². The Morgan fingerprint density at radius 2 is 2.08 bits per heavy atom. The Morgan fingerprint density at radius 1 is 1.58 bits per heavy atom. The zero-order chi connectivity index (χ0) is 9.30. The summed E-state index contributed by atoms with van der Waals surface area (Å²) in [5, 5.41) is 8.55. The van der Waals surface area contributed by atoms with Crippen molar-refractivity contribution in [3.63, 3.8) is 0 Å². The lowest BCUT2D eigenvalue weighted by Gasteiger charge is -2.32. The fourth-order valence-corrected chi connectivity index (χ4v) is 1.28. The lowest BCUT2D eigenvalue weighted by atomic mass is 10.1. The Labute approximate surface area is 73.8 Å². The number of rotatable bonds is 3. The number of thiol groups is 1. The predicted octanol–water partition coefficient (Wildman–Crippen LogP) is -0.872. The van der Waals surface area contributed by atoms with Crippen molar-refractivity contribution in [1.82, 2.24) is 4.90 Å². The van der Waals surface area contributed by atoms with Crippen LogP contribution >= 0.6 is 12.6 Å². The average molecular weight is 189 g/mol. The third-order valence-electron chi connectivity index (χ3n) is 1.61. The van der Waals surface area contributed by atoms with Gasteiger partial charge in [0, 0.05) is 5.75 Å². The number of carbonyl (C=O) groups excluding carboxylic acids is 2. The van der Waals surface area contributed by atoms with Gasteiger partial charge in [-0.25, -0.2) is 4.79 Å². The molecular formula is C6H7NO4S. The molecule has 0 aliphatic carbocycles. The molecule has 1 aliphatic heterocycles. The maximum absolute atomic E-state index is 10.8. The number of carboxylic acid groups (broad SMARTS) is 1. The van der Waals surface area contributed by atoms with E-state index in [2.05, 4.69) is 12.6 Å². The molecule has 0 radical (unpaired) electrons. The lowest BCUT2D eigenvalue weighted by molar-refractivity contribution is -0.166. The molecule has 6 heteroatoms. The Kier molecular flexibility index (Phi) is 2.37. The van der Waals surface area contributed by atoms with Crippen molar-refractivity contribution in [2.75, 3.05) is 5.75 Å². The van der Waals surface area contributed by atoms with Crippen LogP contribution in [0, 0.1) is 0 Å². The summed E-state index contributed by atoms with van der Waals surface area (Å²) >= 11 is 3.74. The summed E-state index contributed by atoms with van der Waals surface area (Å²) in [5.74, 6) is -2.14. The number of likely N-dealkylation sites (tertiary alicyclic amines) is 1. The molecule has 5 nitrogen and oxygen atoms in total. The minimum atomic E-state index is -1.20. The first kappa shape index (κ1) is 9.05. The molecule has 1 saturated heterocycles. The fraction of sp³-hybridized carbons (Fsp3) is 0.500. The monoisotopic (exact) mass is 189 g/mol. The molecule has 1 aliphatic rings. The smallest absolute Gasteiger partial charge is 0.327 e. The number of β-lactam (4-membered cyclic amide) rings is 2. The zero-order valence-corrected chi connectivity index (χ0v) is 6.95. The van der Waals surface area contributed by atoms with Gasteiger partial charge in [0.15, 0.2) is 0 Å². The first-order valence-electron chi connectivity index (χ1n) is 3.26. The number of aliphatic carboxylic acids is 1. The normalized spacial score (nSPS) is 18.9. The van der Waals surface area contributed by atoms with Crippen molar-refractivity contribution in [3.05, 3.63) is 0 Å². The Hall–Kier alpha value is -1.04. The van der Waals surface area contributed by atoms with E-state index in [1.165, 1.54) is 0 Å². The quantitative estimate of drug-likeness (QED) is 0.344. The van der Waals surface area contributed by atoms with Gasteiger partial charge in [0.2, 0.25) is 11.8 Å². The molecule has 1 atom stereocenters. The highest BCUT2D eigenvalue weighted by atomic mass is 32.1. The molecule has 2 amide bonds. The minimum Gasteiger partial charge on any atom is -0.480 e. The summed E-state index contributed by atoms with van der Waals surface area (Å²) < 4.78 is 0. The predicted molar refractivity (Wildman–Crippen MR) is 41.7 cm³/mol. The third-order valence-corrected chi connectivity index (χ3v) is 1.96. The van der Waals surface area contributed by atoms with E-state index in [1.807, 2.05) is 0 Å². The molecule has 66 valence electrons. The largest absolute Gasteiger partial charge is 0.480 e. The maximum atomic E-state index is 10.8. The molecule has 0 aromatic rings. The van der Waals surface area contributed by atoms with Crippen LogP contribution < -0.4 is 0 Å². The van der Waals surface area contributed by atoms with Crippen molar-refractivity contribution in [2.24, 2.45) is 0 Å². The number of hydrogen-bond acceptors (Lipinski definition) is 4. The molecule has 1 fully saturated rings. The summed E-state index contributed by atoms with van der Waals surface area (Å²) in [6.07, 6.45) is -0.183. The second-order valence-electron chi connectivity index (χ2n) is 2.37. The number of imide groups is 1. The molecule has 0 spiro atoms. The Morgan fingerprint density at radius 3 is 2.25 bits per heavy atom. The summed E-state index contributed by atoms with van der Waals surface area (Å²) in [6, 6.07) is -1.11. The van der Waals surface area contributed by atoms with Crippen LogP contribution in [0.3, 0.4) is 0 Å². The van der Waals surface area contributed by atoms with E-state index in [1.54, 1.807) is 0 Å². The summed E-state index contributed by atoms with van der Waals surface area (Å²) in [5.41, 5.74) is 0. The molecular weight excluding hydrogens is 182 g/mol. The van der Waals surface area contributed by atoms with Gasteiger partial charge in [-0.15, -0.1) is 0 Å². The lowest BCUT2D eigenvalue weighted by Crippen LogP contribution is -2.57. The molecule has 12 heavy (non-hydrogen) atoms. The van der Waals surface area contributed by atoms with Crippen molar-refractivity contribution >= 4 is 30.4 Å². The van der Waals surface area contributed by atoms with E-state index in [-0.39, 0.29) is 12.2 Å². The second-order valence-corrected chi connectivity index (χ2v) is 2.74. The number of hydrogen-bond donors (Lipinski definition) is 2. The van der Waals surface area contributed by atoms with E-state index in [4.69, 9.17) is 5.11 Å².